The molecule has 0 fully saturated rings. The van der Waals surface area contributed by atoms with Crippen LogP contribution in [0.4, 0.5) is 0 Å². The maximum atomic E-state index is 12.4. The van der Waals surface area contributed by atoms with Gasteiger partial charge in [0, 0.05) is 12.8 Å². The van der Waals surface area contributed by atoms with Crippen molar-refractivity contribution in [3.63, 3.8) is 0 Å². The van der Waals surface area contributed by atoms with Gasteiger partial charge in [-0.05, 0) is 50.9 Å². The Kier molecular flexibility index (Phi) is 35.6. The second-order valence-electron chi connectivity index (χ2n) is 14.3. The number of allylic oxidation sites excluding steroid dienone is 10. The number of carbonyl (C=O) groups excluding carboxylic acids is 2. The van der Waals surface area contributed by atoms with E-state index in [0.717, 1.165) is 50.9 Å². The molecule has 0 radical (unpaired) electrons. The van der Waals surface area contributed by atoms with Crippen molar-refractivity contribution in [2.45, 2.75) is 174 Å². The molecular formula is C44H75O9P. The van der Waals surface area contributed by atoms with Crippen LogP contribution in [0.2, 0.25) is 0 Å². The van der Waals surface area contributed by atoms with Crippen molar-refractivity contribution in [3.05, 3.63) is 72.9 Å². The Morgan fingerprint density at radius 2 is 1.17 bits per heavy atom. The highest BCUT2D eigenvalue weighted by Gasteiger charge is 2.22. The molecule has 0 rings (SSSR count). The number of aliphatic hydroxyl groups excluding tert-OH is 1. The number of ether oxygens (including phenoxy) is 2. The summed E-state index contributed by atoms with van der Waals surface area (Å²) in [4.78, 5) is 42.8. The summed E-state index contributed by atoms with van der Waals surface area (Å²) in [5, 5.41) is 10.1. The standard InChI is InChI=1S/C44H75O9P/c1-4-5-6-7-8-9-10-12-16-19-22-25-29-34-41(45)35-30-27-32-37-44(47)53-42(39-52-54(48,49)50)38-51-43(46)36-31-26-23-20-17-14-11-13-15-18-21-24-28-33-40(2)3/h5-6,8-9,12,16,22,25,27,29-30,34,40-42,45H,4,7,10-11,13-15,17-21,23-24,26,28,31-33,35-39H2,1-3H3,(H2,48,49,50)/b6-5-,9-8-,16-12-,25-22-,30-27-,34-29-/t41?,42-/m1/s1. The van der Waals surface area contributed by atoms with Crippen molar-refractivity contribution < 1.29 is 43.0 Å². The van der Waals surface area contributed by atoms with Crippen LogP contribution < -0.4 is 0 Å². The molecule has 0 saturated carbocycles. The summed E-state index contributed by atoms with van der Waals surface area (Å²) in [5.41, 5.74) is 0. The number of aliphatic hydroxyl groups is 1. The lowest BCUT2D eigenvalue weighted by Crippen LogP contribution is -2.29. The fraction of sp³-hybridized carbons (Fsp3) is 0.682. The van der Waals surface area contributed by atoms with E-state index in [4.69, 9.17) is 19.3 Å². The monoisotopic (exact) mass is 779 g/mol. The molecule has 310 valence electrons. The predicted octanol–water partition coefficient (Wildman–Crippen LogP) is 11.5. The predicted molar refractivity (Wildman–Crippen MR) is 222 cm³/mol. The molecule has 0 aliphatic carbocycles. The summed E-state index contributed by atoms with van der Waals surface area (Å²) in [6.45, 7) is 5.75. The van der Waals surface area contributed by atoms with Gasteiger partial charge >= 0.3 is 19.8 Å². The highest BCUT2D eigenvalue weighted by Crippen LogP contribution is 2.36. The molecule has 1 unspecified atom stereocenters. The van der Waals surface area contributed by atoms with Crippen molar-refractivity contribution >= 4 is 19.8 Å². The summed E-state index contributed by atoms with van der Waals surface area (Å²) in [7, 11) is -4.81. The minimum Gasteiger partial charge on any atom is -0.462 e. The van der Waals surface area contributed by atoms with E-state index < -0.39 is 38.6 Å². The minimum atomic E-state index is -4.81. The molecule has 9 nitrogen and oxygen atoms in total. The molecule has 0 bridgehead atoms. The second kappa shape index (κ2) is 37.4. The zero-order chi connectivity index (χ0) is 40.0. The number of phosphoric acid groups is 1. The fourth-order valence-corrected chi connectivity index (χ4v) is 5.79. The molecule has 10 heteroatoms. The Hall–Kier alpha value is -2.55. The highest BCUT2D eigenvalue weighted by molar-refractivity contribution is 7.46. The molecule has 2 atom stereocenters. The first kappa shape index (κ1) is 51.5. The van der Waals surface area contributed by atoms with Gasteiger partial charge in [-0.25, -0.2) is 4.57 Å². The molecule has 54 heavy (non-hydrogen) atoms. The Labute approximate surface area is 328 Å². The summed E-state index contributed by atoms with van der Waals surface area (Å²) < 4.78 is 26.2. The van der Waals surface area contributed by atoms with Gasteiger partial charge < -0.3 is 24.4 Å². The van der Waals surface area contributed by atoms with E-state index in [0.29, 0.717) is 19.3 Å². The van der Waals surface area contributed by atoms with Gasteiger partial charge in [-0.1, -0.05) is 177 Å². The van der Waals surface area contributed by atoms with Crippen molar-refractivity contribution in [2.24, 2.45) is 5.92 Å². The lowest BCUT2D eigenvalue weighted by Gasteiger charge is -2.18. The maximum Gasteiger partial charge on any atom is 0.469 e. The molecule has 3 N–H and O–H groups in total. The number of carbonyl (C=O) groups is 2. The normalized spacial score (nSPS) is 13.9. The van der Waals surface area contributed by atoms with E-state index in [1.165, 1.54) is 64.2 Å². The van der Waals surface area contributed by atoms with E-state index in [2.05, 4.69) is 61.8 Å². The topological polar surface area (TPSA) is 140 Å². The summed E-state index contributed by atoms with van der Waals surface area (Å²) >= 11 is 0. The Balaban J connectivity index is 4.16. The molecule has 0 amide bonds. The number of phosphoric ester groups is 1. The molecule has 0 aliphatic heterocycles. The lowest BCUT2D eigenvalue weighted by atomic mass is 10.0. The van der Waals surface area contributed by atoms with E-state index in [1.807, 2.05) is 12.2 Å². The Morgan fingerprint density at radius 1 is 0.630 bits per heavy atom. The molecule has 0 saturated heterocycles. The van der Waals surface area contributed by atoms with E-state index in [-0.39, 0.29) is 19.4 Å². The first-order valence-electron chi connectivity index (χ1n) is 20.7. The smallest absolute Gasteiger partial charge is 0.462 e. The van der Waals surface area contributed by atoms with Crippen LogP contribution in [-0.2, 0) is 28.2 Å². The van der Waals surface area contributed by atoms with Crippen LogP contribution in [0.15, 0.2) is 72.9 Å². The fourth-order valence-electron chi connectivity index (χ4n) is 5.43. The van der Waals surface area contributed by atoms with Gasteiger partial charge in [0.15, 0.2) is 6.10 Å². The number of rotatable bonds is 36. The third-order valence-electron chi connectivity index (χ3n) is 8.51. The average molecular weight is 779 g/mol. The largest absolute Gasteiger partial charge is 0.469 e. The number of unbranched alkanes of at least 4 members (excludes halogenated alkanes) is 12. The van der Waals surface area contributed by atoms with Gasteiger partial charge in [0.05, 0.1) is 12.7 Å². The zero-order valence-electron chi connectivity index (χ0n) is 33.9. The van der Waals surface area contributed by atoms with Crippen molar-refractivity contribution in [1.29, 1.82) is 0 Å². The van der Waals surface area contributed by atoms with Crippen LogP contribution in [0.25, 0.3) is 0 Å². The first-order chi connectivity index (χ1) is 26.0. The molecule has 0 aliphatic rings. The van der Waals surface area contributed by atoms with Crippen molar-refractivity contribution in [1.82, 2.24) is 0 Å². The van der Waals surface area contributed by atoms with Crippen molar-refractivity contribution in [3.8, 4) is 0 Å². The summed E-state index contributed by atoms with van der Waals surface area (Å²) in [6.07, 6.45) is 43.7. The highest BCUT2D eigenvalue weighted by atomic mass is 31.2. The molecule has 0 spiro atoms. The molecule has 0 aromatic carbocycles. The summed E-state index contributed by atoms with van der Waals surface area (Å²) in [5.74, 6) is -0.253. The van der Waals surface area contributed by atoms with Gasteiger partial charge in [0.25, 0.3) is 0 Å². The van der Waals surface area contributed by atoms with Gasteiger partial charge in [-0.15, -0.1) is 0 Å². The molecule has 0 aromatic rings. The van der Waals surface area contributed by atoms with E-state index >= 15 is 0 Å². The van der Waals surface area contributed by atoms with Crippen LogP contribution >= 0.6 is 7.82 Å². The van der Waals surface area contributed by atoms with Crippen LogP contribution in [0.1, 0.15) is 162 Å². The van der Waals surface area contributed by atoms with Gasteiger partial charge in [-0.2, -0.15) is 0 Å². The number of esters is 2. The average Bonchev–Trinajstić information content (AvgIpc) is 3.12. The SMILES string of the molecule is CC/C=C\C/C=C\C/C=C\C/C=C\C=C/C(O)C/C=C\CCC(=O)O[C@H](COC(=O)CCCCCCCCCCCCCCCC(C)C)COP(=O)(O)O. The van der Waals surface area contributed by atoms with Crippen LogP contribution in [-0.4, -0.2) is 52.3 Å². The Bertz CT molecular complexity index is 1130. The van der Waals surface area contributed by atoms with E-state index in [9.17, 15) is 19.3 Å². The third-order valence-corrected chi connectivity index (χ3v) is 9.00. The quantitative estimate of drug-likeness (QED) is 0.0186. The van der Waals surface area contributed by atoms with Gasteiger partial charge in [-0.3, -0.25) is 14.1 Å². The Morgan fingerprint density at radius 3 is 1.72 bits per heavy atom. The molecule has 0 aromatic heterocycles. The minimum absolute atomic E-state index is 0.00329. The lowest BCUT2D eigenvalue weighted by molar-refractivity contribution is -0.161. The van der Waals surface area contributed by atoms with Crippen molar-refractivity contribution in [2.75, 3.05) is 13.2 Å². The van der Waals surface area contributed by atoms with Gasteiger partial charge in [0.1, 0.15) is 6.61 Å². The van der Waals surface area contributed by atoms with Crippen LogP contribution in [0, 0.1) is 5.92 Å². The molecular weight excluding hydrogens is 703 g/mol. The zero-order valence-corrected chi connectivity index (χ0v) is 34.8. The second-order valence-corrected chi connectivity index (χ2v) is 15.5. The number of hydrogen-bond acceptors (Lipinski definition) is 7. The molecule has 0 heterocycles. The van der Waals surface area contributed by atoms with E-state index in [1.54, 1.807) is 24.3 Å². The van der Waals surface area contributed by atoms with Crippen LogP contribution in [0.5, 0.6) is 0 Å². The maximum absolute atomic E-state index is 12.4. The number of hydrogen-bond donors (Lipinski definition) is 3. The first-order valence-corrected chi connectivity index (χ1v) is 22.2. The summed E-state index contributed by atoms with van der Waals surface area (Å²) in [6, 6.07) is 0. The van der Waals surface area contributed by atoms with Crippen LogP contribution in [0.3, 0.4) is 0 Å². The third kappa shape index (κ3) is 40.6. The van der Waals surface area contributed by atoms with Gasteiger partial charge in [0.2, 0.25) is 0 Å².